The number of hydrogen-bond donors (Lipinski definition) is 1. The fourth-order valence-corrected chi connectivity index (χ4v) is 5.37. The number of rotatable bonds is 8. The van der Waals surface area contributed by atoms with Gasteiger partial charge in [0.1, 0.15) is 6.04 Å². The second kappa shape index (κ2) is 10.9. The van der Waals surface area contributed by atoms with Gasteiger partial charge in [-0.2, -0.15) is 4.72 Å². The summed E-state index contributed by atoms with van der Waals surface area (Å²) in [7, 11) is -3.88. The lowest BCUT2D eigenvalue weighted by Crippen LogP contribution is -2.50. The van der Waals surface area contributed by atoms with Crippen LogP contribution in [0, 0.1) is 5.92 Å². The van der Waals surface area contributed by atoms with Crippen LogP contribution in [0.1, 0.15) is 32.6 Å². The van der Waals surface area contributed by atoms with E-state index in [9.17, 15) is 13.2 Å². The Hall–Kier alpha value is -3.10. The Morgan fingerprint density at radius 1 is 1.12 bits per heavy atom. The number of piperidine rings is 1. The van der Waals surface area contributed by atoms with E-state index in [-0.39, 0.29) is 10.8 Å². The van der Waals surface area contributed by atoms with Crippen molar-refractivity contribution in [1.82, 2.24) is 14.6 Å². The van der Waals surface area contributed by atoms with Gasteiger partial charge in [0.25, 0.3) is 0 Å². The van der Waals surface area contributed by atoms with Crippen molar-refractivity contribution in [3.05, 3.63) is 67.0 Å². The molecule has 0 radical (unpaired) electrons. The lowest BCUT2D eigenvalue weighted by molar-refractivity contribution is -0.134. The van der Waals surface area contributed by atoms with Gasteiger partial charge in [-0.15, -0.1) is 0 Å². The number of carbonyl (C=O) groups excluding carboxylic acids is 1. The summed E-state index contributed by atoms with van der Waals surface area (Å²) in [6.45, 7) is 3.48. The zero-order valence-electron chi connectivity index (χ0n) is 19.3. The minimum absolute atomic E-state index is 0.154. The number of aromatic nitrogens is 1. The van der Waals surface area contributed by atoms with E-state index >= 15 is 0 Å². The van der Waals surface area contributed by atoms with Crippen molar-refractivity contribution in [3.8, 4) is 0 Å². The number of benzene rings is 2. The van der Waals surface area contributed by atoms with Crippen molar-refractivity contribution in [3.63, 3.8) is 0 Å². The Morgan fingerprint density at radius 3 is 2.56 bits per heavy atom. The third-order valence-corrected chi connectivity index (χ3v) is 7.68. The van der Waals surface area contributed by atoms with Crippen molar-refractivity contribution in [2.45, 2.75) is 43.5 Å². The van der Waals surface area contributed by atoms with Gasteiger partial charge in [0.2, 0.25) is 15.9 Å². The summed E-state index contributed by atoms with van der Waals surface area (Å²) in [4.78, 5) is 23.6. The summed E-state index contributed by atoms with van der Waals surface area (Å²) in [5.74, 6) is 0.401. The van der Waals surface area contributed by atoms with Crippen LogP contribution in [0.4, 0.5) is 5.69 Å². The molecule has 178 valence electrons. The van der Waals surface area contributed by atoms with E-state index in [1.807, 2.05) is 24.3 Å². The van der Waals surface area contributed by atoms with Crippen LogP contribution in [-0.4, -0.2) is 49.6 Å². The van der Waals surface area contributed by atoms with Crippen LogP contribution in [0.25, 0.3) is 10.8 Å². The lowest BCUT2D eigenvalue weighted by Gasteiger charge is -2.33. The fraction of sp³-hybridized carbons (Fsp3) is 0.346. The lowest BCUT2D eigenvalue weighted by atomic mass is 9.98. The number of carbonyl (C=O) groups is 1. The summed E-state index contributed by atoms with van der Waals surface area (Å²) in [6.07, 6.45) is 7.69. The highest BCUT2D eigenvalue weighted by Gasteiger charge is 2.30. The number of nitrogens with one attached hydrogen (secondary N) is 1. The van der Waals surface area contributed by atoms with E-state index in [2.05, 4.69) is 21.6 Å². The van der Waals surface area contributed by atoms with Crippen LogP contribution in [0.3, 0.4) is 0 Å². The molecule has 4 rings (SSSR count). The predicted molar refractivity (Wildman–Crippen MR) is 135 cm³/mol. The molecule has 1 amide bonds. The molecule has 0 spiro atoms. The van der Waals surface area contributed by atoms with Crippen LogP contribution in [-0.2, 0) is 14.8 Å². The van der Waals surface area contributed by atoms with Crippen LogP contribution in [0.15, 0.2) is 76.9 Å². The molecule has 1 aliphatic heterocycles. The molecule has 0 bridgehead atoms. The van der Waals surface area contributed by atoms with Crippen molar-refractivity contribution in [1.29, 1.82) is 0 Å². The Balaban J connectivity index is 1.51. The molecule has 1 atom stereocenters. The Kier molecular flexibility index (Phi) is 7.70. The first-order chi connectivity index (χ1) is 16.4. The Labute approximate surface area is 201 Å². The van der Waals surface area contributed by atoms with Gasteiger partial charge in [-0.1, -0.05) is 37.3 Å². The maximum atomic E-state index is 13.3. The molecule has 3 aromatic rings. The molecule has 0 saturated carbocycles. The molecular weight excluding hydrogens is 448 g/mol. The quantitative estimate of drug-likeness (QED) is 0.488. The summed E-state index contributed by atoms with van der Waals surface area (Å²) < 4.78 is 29.2. The molecule has 7 nitrogen and oxygen atoms in total. The third-order valence-electron chi connectivity index (χ3n) is 6.21. The monoisotopic (exact) mass is 478 g/mol. The standard InChI is InChI=1S/C26H30N4O3S/c1-20-12-17-30(18-13-20)26(31)25(7-4-14-28-23-10-15-27-16-11-23)29-34(32,33)24-9-8-21-5-2-3-6-22(21)19-24/h2-3,5-6,8-11,14-16,19-20,25,29H,4,7,12-13,17-18H2,1H3/b28-14+/t25-/m0/s1. The first kappa shape index (κ1) is 24.0. The van der Waals surface area contributed by atoms with Gasteiger partial charge in [0, 0.05) is 31.7 Å². The van der Waals surface area contributed by atoms with E-state index in [1.54, 1.807) is 53.8 Å². The van der Waals surface area contributed by atoms with E-state index in [4.69, 9.17) is 0 Å². The number of sulfonamides is 1. The van der Waals surface area contributed by atoms with E-state index in [0.29, 0.717) is 31.8 Å². The summed E-state index contributed by atoms with van der Waals surface area (Å²) in [5, 5.41) is 1.80. The van der Waals surface area contributed by atoms with Crippen LogP contribution in [0.5, 0.6) is 0 Å². The van der Waals surface area contributed by atoms with E-state index in [1.165, 1.54) is 0 Å². The molecule has 1 fully saturated rings. The second-order valence-corrected chi connectivity index (χ2v) is 10.5. The molecule has 34 heavy (non-hydrogen) atoms. The topological polar surface area (TPSA) is 91.7 Å². The molecule has 1 aromatic heterocycles. The highest BCUT2D eigenvalue weighted by molar-refractivity contribution is 7.89. The molecular formula is C26H30N4O3S. The van der Waals surface area contributed by atoms with Crippen molar-refractivity contribution < 1.29 is 13.2 Å². The van der Waals surface area contributed by atoms with E-state index in [0.717, 1.165) is 29.3 Å². The van der Waals surface area contributed by atoms with Gasteiger partial charge in [-0.25, -0.2) is 8.42 Å². The highest BCUT2D eigenvalue weighted by atomic mass is 32.2. The number of likely N-dealkylation sites (tertiary alicyclic amines) is 1. The van der Waals surface area contributed by atoms with Crippen molar-refractivity contribution in [2.75, 3.05) is 13.1 Å². The van der Waals surface area contributed by atoms with Crippen molar-refractivity contribution in [2.24, 2.45) is 10.9 Å². The predicted octanol–water partition coefficient (Wildman–Crippen LogP) is 4.32. The molecule has 2 heterocycles. The molecule has 0 unspecified atom stereocenters. The maximum Gasteiger partial charge on any atom is 0.241 e. The molecule has 0 aliphatic carbocycles. The molecule has 1 saturated heterocycles. The van der Waals surface area contributed by atoms with Gasteiger partial charge in [0.15, 0.2) is 0 Å². The van der Waals surface area contributed by atoms with Crippen molar-refractivity contribution >= 4 is 38.6 Å². The van der Waals surface area contributed by atoms with Crippen LogP contribution < -0.4 is 4.72 Å². The summed E-state index contributed by atoms with van der Waals surface area (Å²) in [5.41, 5.74) is 0.764. The zero-order chi connectivity index (χ0) is 24.0. The van der Waals surface area contributed by atoms with Gasteiger partial charge in [0.05, 0.1) is 10.6 Å². The number of amides is 1. The SMILES string of the molecule is CC1CCN(C(=O)[C@H](CC/C=N/c2ccncc2)NS(=O)(=O)c2ccc3ccccc3c2)CC1. The molecule has 1 N–H and O–H groups in total. The van der Waals surface area contributed by atoms with Crippen LogP contribution >= 0.6 is 0 Å². The first-order valence-corrected chi connectivity index (χ1v) is 13.1. The second-order valence-electron chi connectivity index (χ2n) is 8.79. The molecule has 8 heteroatoms. The normalized spacial score (nSPS) is 16.2. The average Bonchev–Trinajstić information content (AvgIpc) is 2.86. The fourth-order valence-electron chi connectivity index (χ4n) is 4.11. The Bertz CT molecular complexity index is 1250. The Morgan fingerprint density at radius 2 is 1.82 bits per heavy atom. The number of hydrogen-bond acceptors (Lipinski definition) is 5. The number of nitrogens with zero attached hydrogens (tertiary/aromatic N) is 3. The number of aliphatic imine (C=N–C) groups is 1. The minimum atomic E-state index is -3.88. The van der Waals surface area contributed by atoms with E-state index < -0.39 is 16.1 Å². The smallest absolute Gasteiger partial charge is 0.241 e. The molecule has 2 aromatic carbocycles. The maximum absolute atomic E-state index is 13.3. The third kappa shape index (κ3) is 6.07. The first-order valence-electron chi connectivity index (χ1n) is 11.6. The zero-order valence-corrected chi connectivity index (χ0v) is 20.1. The van der Waals surface area contributed by atoms with Gasteiger partial charge >= 0.3 is 0 Å². The summed E-state index contributed by atoms with van der Waals surface area (Å²) >= 11 is 0. The van der Waals surface area contributed by atoms with Gasteiger partial charge in [-0.05, 0) is 66.6 Å². The number of fused-ring (bicyclic) bond motifs is 1. The summed E-state index contributed by atoms with van der Waals surface area (Å²) in [6, 6.07) is 15.3. The largest absolute Gasteiger partial charge is 0.341 e. The molecule has 1 aliphatic rings. The van der Waals surface area contributed by atoms with Gasteiger partial charge < -0.3 is 4.90 Å². The average molecular weight is 479 g/mol. The van der Waals surface area contributed by atoms with Crippen LogP contribution in [0.2, 0.25) is 0 Å². The highest BCUT2D eigenvalue weighted by Crippen LogP contribution is 2.21. The van der Waals surface area contributed by atoms with Gasteiger partial charge in [-0.3, -0.25) is 14.8 Å². The minimum Gasteiger partial charge on any atom is -0.341 e. The number of pyridine rings is 1.